The molecular weight excluding hydrogens is 254 g/mol. The molecule has 4 heteroatoms. The molecule has 0 spiro atoms. The van der Waals surface area contributed by atoms with Gasteiger partial charge in [0.2, 0.25) is 0 Å². The summed E-state index contributed by atoms with van der Waals surface area (Å²) in [5, 5.41) is 12.8. The molecule has 3 nitrogen and oxygen atoms in total. The monoisotopic (exact) mass is 275 g/mol. The Balaban J connectivity index is 2.04. The van der Waals surface area contributed by atoms with Crippen LogP contribution in [0.1, 0.15) is 24.0 Å². The Labute approximate surface area is 120 Å². The molecule has 0 radical (unpaired) electrons. The first-order valence-electron chi connectivity index (χ1n) is 6.71. The quantitative estimate of drug-likeness (QED) is 0.830. The normalized spacial score (nSPS) is 14.2. The zero-order valence-electron chi connectivity index (χ0n) is 11.6. The lowest BCUT2D eigenvalue weighted by Crippen LogP contribution is -2.21. The second-order valence-corrected chi connectivity index (χ2v) is 6.02. The summed E-state index contributed by atoms with van der Waals surface area (Å²) in [6.45, 7) is 1.84. The third-order valence-electron chi connectivity index (χ3n) is 3.40. The molecule has 1 aliphatic carbocycles. The van der Waals surface area contributed by atoms with E-state index in [2.05, 4.69) is 41.7 Å². The predicted molar refractivity (Wildman–Crippen MR) is 82.7 cm³/mol. The molecule has 1 aromatic rings. The SMILES string of the molecule is CSCCN(C)c1ccc(CNC2CC2)cc1C#N. The van der Waals surface area contributed by atoms with Crippen LogP contribution in [0.15, 0.2) is 18.2 Å². The lowest BCUT2D eigenvalue weighted by Gasteiger charge is -2.20. The second kappa shape index (κ2) is 6.83. The number of nitrogens with zero attached hydrogens (tertiary/aromatic N) is 2. The number of nitrogens with one attached hydrogen (secondary N) is 1. The first-order chi connectivity index (χ1) is 9.24. The number of anilines is 1. The lowest BCUT2D eigenvalue weighted by molar-refractivity contribution is 0.687. The molecule has 1 saturated carbocycles. The summed E-state index contributed by atoms with van der Waals surface area (Å²) in [7, 11) is 2.05. The van der Waals surface area contributed by atoms with Crippen LogP contribution in [0.2, 0.25) is 0 Å². The molecule has 0 aromatic heterocycles. The standard InChI is InChI=1S/C15H21N3S/c1-18(7-8-19-2)15-6-3-12(9-13(15)10-16)11-17-14-4-5-14/h3,6,9,14,17H,4-5,7-8,11H2,1-2H3. The van der Waals surface area contributed by atoms with Gasteiger partial charge in [0, 0.05) is 31.9 Å². The predicted octanol–water partition coefficient (Wildman–Crippen LogP) is 2.61. The average Bonchev–Trinajstić information content (AvgIpc) is 3.26. The van der Waals surface area contributed by atoms with Gasteiger partial charge in [-0.3, -0.25) is 0 Å². The largest absolute Gasteiger partial charge is 0.373 e. The van der Waals surface area contributed by atoms with Crippen molar-refractivity contribution >= 4 is 17.4 Å². The van der Waals surface area contributed by atoms with E-state index in [0.29, 0.717) is 6.04 Å². The molecule has 2 rings (SSSR count). The Morgan fingerprint density at radius 1 is 1.47 bits per heavy atom. The fourth-order valence-corrected chi connectivity index (χ4v) is 2.47. The van der Waals surface area contributed by atoms with Crippen molar-refractivity contribution in [3.05, 3.63) is 29.3 Å². The van der Waals surface area contributed by atoms with Gasteiger partial charge in [0.05, 0.1) is 11.3 Å². The summed E-state index contributed by atoms with van der Waals surface area (Å²) in [4.78, 5) is 2.16. The van der Waals surface area contributed by atoms with Crippen molar-refractivity contribution in [3.63, 3.8) is 0 Å². The number of thioether (sulfide) groups is 1. The van der Waals surface area contributed by atoms with Gasteiger partial charge in [0.25, 0.3) is 0 Å². The van der Waals surface area contributed by atoms with E-state index in [0.717, 1.165) is 30.1 Å². The molecule has 0 aliphatic heterocycles. The van der Waals surface area contributed by atoms with Crippen LogP contribution in [0.4, 0.5) is 5.69 Å². The van der Waals surface area contributed by atoms with Crippen molar-refractivity contribution < 1.29 is 0 Å². The zero-order valence-corrected chi connectivity index (χ0v) is 12.5. The van der Waals surface area contributed by atoms with Crippen LogP contribution in [0.3, 0.4) is 0 Å². The summed E-state index contributed by atoms with van der Waals surface area (Å²) in [5.41, 5.74) is 3.01. The molecule has 102 valence electrons. The van der Waals surface area contributed by atoms with Crippen LogP contribution in [-0.2, 0) is 6.54 Å². The van der Waals surface area contributed by atoms with Gasteiger partial charge >= 0.3 is 0 Å². The molecule has 1 aliphatic rings. The Kier molecular flexibility index (Phi) is 5.12. The molecule has 0 unspecified atom stereocenters. The van der Waals surface area contributed by atoms with Crippen LogP contribution in [0.5, 0.6) is 0 Å². The van der Waals surface area contributed by atoms with Gasteiger partial charge in [-0.1, -0.05) is 6.07 Å². The van der Waals surface area contributed by atoms with E-state index in [1.807, 2.05) is 17.8 Å². The lowest BCUT2D eigenvalue weighted by atomic mass is 10.1. The van der Waals surface area contributed by atoms with E-state index in [9.17, 15) is 5.26 Å². The fourth-order valence-electron chi connectivity index (χ4n) is 2.01. The van der Waals surface area contributed by atoms with Crippen LogP contribution in [0, 0.1) is 11.3 Å². The summed E-state index contributed by atoms with van der Waals surface area (Å²) < 4.78 is 0. The highest BCUT2D eigenvalue weighted by atomic mass is 32.2. The third kappa shape index (κ3) is 4.15. The molecule has 0 saturated heterocycles. The molecule has 19 heavy (non-hydrogen) atoms. The summed E-state index contributed by atoms with van der Waals surface area (Å²) in [6.07, 6.45) is 4.69. The van der Waals surface area contributed by atoms with Crippen LogP contribution >= 0.6 is 11.8 Å². The highest BCUT2D eigenvalue weighted by molar-refractivity contribution is 7.98. The van der Waals surface area contributed by atoms with E-state index in [1.54, 1.807) is 0 Å². The number of hydrogen-bond acceptors (Lipinski definition) is 4. The maximum absolute atomic E-state index is 9.30. The number of rotatable bonds is 7. The van der Waals surface area contributed by atoms with Gasteiger partial charge in [0.1, 0.15) is 6.07 Å². The molecule has 1 N–H and O–H groups in total. The van der Waals surface area contributed by atoms with Crippen molar-refractivity contribution in [3.8, 4) is 6.07 Å². The second-order valence-electron chi connectivity index (χ2n) is 5.03. The van der Waals surface area contributed by atoms with Crippen molar-refractivity contribution in [1.29, 1.82) is 5.26 Å². The van der Waals surface area contributed by atoms with Gasteiger partial charge < -0.3 is 10.2 Å². The van der Waals surface area contributed by atoms with Gasteiger partial charge in [-0.25, -0.2) is 0 Å². The van der Waals surface area contributed by atoms with Gasteiger partial charge in [-0.2, -0.15) is 17.0 Å². The highest BCUT2D eigenvalue weighted by Gasteiger charge is 2.20. The Morgan fingerprint density at radius 2 is 2.26 bits per heavy atom. The van der Waals surface area contributed by atoms with Crippen LogP contribution in [0.25, 0.3) is 0 Å². The maximum atomic E-state index is 9.30. The highest BCUT2D eigenvalue weighted by Crippen LogP contribution is 2.22. The summed E-state index contributed by atoms with van der Waals surface area (Å²) >= 11 is 1.82. The Hall–Kier alpha value is -1.18. The van der Waals surface area contributed by atoms with E-state index in [4.69, 9.17) is 0 Å². The Morgan fingerprint density at radius 3 is 2.89 bits per heavy atom. The van der Waals surface area contributed by atoms with E-state index in [-0.39, 0.29) is 0 Å². The fraction of sp³-hybridized carbons (Fsp3) is 0.533. The van der Waals surface area contributed by atoms with E-state index < -0.39 is 0 Å². The summed E-state index contributed by atoms with van der Waals surface area (Å²) in [5.74, 6) is 1.08. The molecule has 0 atom stereocenters. The summed E-state index contributed by atoms with van der Waals surface area (Å²) in [6, 6.07) is 9.24. The minimum Gasteiger partial charge on any atom is -0.373 e. The molecule has 1 fully saturated rings. The van der Waals surface area contributed by atoms with E-state index >= 15 is 0 Å². The smallest absolute Gasteiger partial charge is 0.101 e. The number of benzene rings is 1. The molecule has 0 amide bonds. The maximum Gasteiger partial charge on any atom is 0.101 e. The van der Waals surface area contributed by atoms with Crippen molar-refractivity contribution in [2.24, 2.45) is 0 Å². The molecule has 1 aromatic carbocycles. The van der Waals surface area contributed by atoms with Crippen molar-refractivity contribution in [2.45, 2.75) is 25.4 Å². The van der Waals surface area contributed by atoms with E-state index in [1.165, 1.54) is 18.4 Å². The zero-order chi connectivity index (χ0) is 13.7. The molecule has 0 bridgehead atoms. The first-order valence-corrected chi connectivity index (χ1v) is 8.10. The van der Waals surface area contributed by atoms with Crippen LogP contribution in [-0.4, -0.2) is 31.6 Å². The first kappa shape index (κ1) is 14.2. The third-order valence-corrected chi connectivity index (χ3v) is 3.99. The van der Waals surface area contributed by atoms with Gasteiger partial charge in [-0.15, -0.1) is 0 Å². The average molecular weight is 275 g/mol. The number of hydrogen-bond donors (Lipinski definition) is 1. The van der Waals surface area contributed by atoms with Crippen molar-refractivity contribution in [2.75, 3.05) is 30.5 Å². The van der Waals surface area contributed by atoms with Gasteiger partial charge in [0.15, 0.2) is 0 Å². The Bertz CT molecular complexity index is 463. The number of nitriles is 1. The van der Waals surface area contributed by atoms with Crippen LogP contribution < -0.4 is 10.2 Å². The minimum atomic E-state index is 0.703. The molecule has 0 heterocycles. The molecular formula is C15H21N3S. The minimum absolute atomic E-state index is 0.703. The topological polar surface area (TPSA) is 39.1 Å². The van der Waals surface area contributed by atoms with Gasteiger partial charge in [-0.05, 0) is 36.8 Å². The van der Waals surface area contributed by atoms with Crippen molar-refractivity contribution in [1.82, 2.24) is 5.32 Å².